The molecule has 2 aromatic carbocycles. The lowest BCUT2D eigenvalue weighted by Gasteiger charge is -2.30. The van der Waals surface area contributed by atoms with Gasteiger partial charge in [0.05, 0.1) is 0 Å². The maximum Gasteiger partial charge on any atom is 0.266 e. The maximum absolute atomic E-state index is 13.5. The van der Waals surface area contributed by atoms with Gasteiger partial charge in [0, 0.05) is 49.3 Å². The summed E-state index contributed by atoms with van der Waals surface area (Å²) in [4.78, 5) is 40.8. The molecule has 32 heavy (non-hydrogen) atoms. The van der Waals surface area contributed by atoms with Gasteiger partial charge < -0.3 is 14.9 Å². The fraction of sp³-hybridized carbons (Fsp3) is 0.375. The van der Waals surface area contributed by atoms with Crippen molar-refractivity contribution in [2.75, 3.05) is 22.9 Å². The van der Waals surface area contributed by atoms with Crippen LogP contribution in [0.15, 0.2) is 36.4 Å². The van der Waals surface area contributed by atoms with Crippen molar-refractivity contribution in [1.82, 2.24) is 0 Å². The van der Waals surface area contributed by atoms with Crippen LogP contribution in [0.25, 0.3) is 0 Å². The fourth-order valence-corrected chi connectivity index (χ4v) is 4.75. The number of amides is 2. The molecule has 6 nitrogen and oxygen atoms in total. The molecule has 1 atom stereocenters. The summed E-state index contributed by atoms with van der Waals surface area (Å²) in [5.41, 5.74) is 0.817. The molecule has 2 amide bonds. The van der Waals surface area contributed by atoms with Gasteiger partial charge in [-0.25, -0.2) is 4.39 Å². The molecule has 1 saturated heterocycles. The predicted molar refractivity (Wildman–Crippen MR) is 119 cm³/mol. The molecule has 0 unspecified atom stereocenters. The monoisotopic (exact) mass is 458 g/mol. The van der Waals surface area contributed by atoms with Gasteiger partial charge in [-0.2, -0.15) is 0 Å². The first-order chi connectivity index (χ1) is 15.2. The molecule has 2 aliphatic rings. The third-order valence-corrected chi connectivity index (χ3v) is 6.41. The van der Waals surface area contributed by atoms with Crippen molar-refractivity contribution in [2.24, 2.45) is 0 Å². The number of hydrogen-bond donors (Lipinski definition) is 1. The van der Waals surface area contributed by atoms with E-state index in [4.69, 9.17) is 11.6 Å². The zero-order valence-electron chi connectivity index (χ0n) is 17.7. The van der Waals surface area contributed by atoms with E-state index in [2.05, 4.69) is 0 Å². The second-order valence-electron chi connectivity index (χ2n) is 8.36. The van der Waals surface area contributed by atoms with E-state index in [0.29, 0.717) is 17.8 Å². The summed E-state index contributed by atoms with van der Waals surface area (Å²) < 4.78 is 13.5. The Bertz CT molecular complexity index is 1090. The number of rotatable bonds is 5. The van der Waals surface area contributed by atoms with Crippen LogP contribution >= 0.6 is 11.6 Å². The average Bonchev–Trinajstić information content (AvgIpc) is 3.06. The first-order valence-corrected chi connectivity index (χ1v) is 11.0. The lowest BCUT2D eigenvalue weighted by molar-refractivity contribution is -0.147. The molecule has 1 N–H and O–H groups in total. The molecule has 2 aromatic rings. The van der Waals surface area contributed by atoms with E-state index < -0.39 is 23.1 Å². The van der Waals surface area contributed by atoms with Gasteiger partial charge in [-0.05, 0) is 66.8 Å². The molecule has 0 aliphatic carbocycles. The van der Waals surface area contributed by atoms with Crippen LogP contribution in [-0.4, -0.2) is 41.4 Å². The molecule has 1 fully saturated rings. The Morgan fingerprint density at radius 2 is 1.97 bits per heavy atom. The number of carbonyl (C=O) groups is 3. The minimum Gasteiger partial charge on any atom is -0.373 e. The molecule has 0 aromatic heterocycles. The number of aryl methyl sites for hydroxylation is 2. The number of carbonyl (C=O) groups excluding carboxylic acids is 3. The van der Waals surface area contributed by atoms with Gasteiger partial charge in [-0.1, -0.05) is 11.6 Å². The van der Waals surface area contributed by atoms with Crippen molar-refractivity contribution in [3.63, 3.8) is 0 Å². The maximum atomic E-state index is 13.5. The van der Waals surface area contributed by atoms with Crippen molar-refractivity contribution in [1.29, 1.82) is 0 Å². The SMILES string of the molecule is CC(=O)N1CCCc2cc(N3CC[C@](O)(C(=O)CCc4cc(F)cc(Cl)c4)C3=O)ccc21. The molecular formula is C24H24ClFN2O4. The molecule has 8 heteroatoms. The lowest BCUT2D eigenvalue weighted by atomic mass is 9.92. The standard InChI is InChI=1S/C24H24ClFN2O4/c1-15(29)27-9-2-3-17-13-20(5-6-21(17)27)28-10-8-24(32,23(28)31)22(30)7-4-16-11-18(25)14-19(26)12-16/h5-6,11-14,32H,2-4,7-10H2,1H3/t24-/m0/s1. The Morgan fingerprint density at radius 1 is 1.19 bits per heavy atom. The Kier molecular flexibility index (Phi) is 6.05. The minimum atomic E-state index is -2.10. The van der Waals surface area contributed by atoms with E-state index in [9.17, 15) is 23.9 Å². The van der Waals surface area contributed by atoms with Gasteiger partial charge in [0.25, 0.3) is 5.91 Å². The Hall–Kier alpha value is -2.77. The fourth-order valence-electron chi connectivity index (χ4n) is 4.51. The minimum absolute atomic E-state index is 0.00870. The molecule has 0 bridgehead atoms. The van der Waals surface area contributed by atoms with Gasteiger partial charge in [0.2, 0.25) is 11.5 Å². The molecule has 0 saturated carbocycles. The van der Waals surface area contributed by atoms with Crippen LogP contribution in [0.1, 0.15) is 37.3 Å². The summed E-state index contributed by atoms with van der Waals surface area (Å²) in [5.74, 6) is -1.78. The molecule has 2 aliphatic heterocycles. The van der Waals surface area contributed by atoms with Crippen LogP contribution in [0.3, 0.4) is 0 Å². The predicted octanol–water partition coefficient (Wildman–Crippen LogP) is 3.45. The number of fused-ring (bicyclic) bond motifs is 1. The van der Waals surface area contributed by atoms with Crippen LogP contribution in [0.5, 0.6) is 0 Å². The number of nitrogens with zero attached hydrogens (tertiary/aromatic N) is 2. The normalized spacial score (nSPS) is 20.4. The van der Waals surface area contributed by atoms with E-state index in [-0.39, 0.29) is 36.7 Å². The van der Waals surface area contributed by atoms with Gasteiger partial charge >= 0.3 is 0 Å². The van der Waals surface area contributed by atoms with Crippen molar-refractivity contribution >= 4 is 40.6 Å². The van der Waals surface area contributed by atoms with Crippen molar-refractivity contribution in [2.45, 2.75) is 44.6 Å². The highest BCUT2D eigenvalue weighted by atomic mass is 35.5. The average molecular weight is 459 g/mol. The Labute approximate surface area is 190 Å². The summed E-state index contributed by atoms with van der Waals surface area (Å²) in [7, 11) is 0. The van der Waals surface area contributed by atoms with E-state index in [0.717, 1.165) is 24.1 Å². The number of Topliss-reactive ketones (excluding diaryl/α,β-unsaturated/α-hetero) is 1. The molecular weight excluding hydrogens is 435 g/mol. The van der Waals surface area contributed by atoms with E-state index in [1.165, 1.54) is 24.0 Å². The third kappa shape index (κ3) is 4.14. The second kappa shape index (κ2) is 8.64. The van der Waals surface area contributed by atoms with Gasteiger partial charge in [-0.3, -0.25) is 14.4 Å². The number of benzene rings is 2. The van der Waals surface area contributed by atoms with Crippen molar-refractivity contribution in [3.8, 4) is 0 Å². The van der Waals surface area contributed by atoms with E-state index in [1.807, 2.05) is 12.1 Å². The zero-order chi connectivity index (χ0) is 23.0. The highest BCUT2D eigenvalue weighted by Crippen LogP contribution is 2.35. The smallest absolute Gasteiger partial charge is 0.266 e. The van der Waals surface area contributed by atoms with Gasteiger partial charge in [0.15, 0.2) is 5.78 Å². The third-order valence-electron chi connectivity index (χ3n) is 6.19. The summed E-state index contributed by atoms with van der Waals surface area (Å²) in [5, 5.41) is 11.1. The molecule has 168 valence electrons. The van der Waals surface area contributed by atoms with Crippen molar-refractivity contribution < 1.29 is 23.9 Å². The molecule has 4 rings (SSSR count). The van der Waals surface area contributed by atoms with Gasteiger partial charge in [-0.15, -0.1) is 0 Å². The Balaban J connectivity index is 1.49. The summed E-state index contributed by atoms with van der Waals surface area (Å²) in [6.45, 7) is 2.40. The number of hydrogen-bond acceptors (Lipinski definition) is 4. The van der Waals surface area contributed by atoms with Crippen LogP contribution in [0.2, 0.25) is 5.02 Å². The molecule has 0 radical (unpaired) electrons. The number of ketones is 1. The van der Waals surface area contributed by atoms with Crippen LogP contribution in [0, 0.1) is 5.82 Å². The lowest BCUT2D eigenvalue weighted by Crippen LogP contribution is -2.47. The number of aliphatic hydroxyl groups is 1. The van der Waals surface area contributed by atoms with Gasteiger partial charge in [0.1, 0.15) is 5.82 Å². The molecule has 0 spiro atoms. The number of halogens is 2. The van der Waals surface area contributed by atoms with E-state index in [1.54, 1.807) is 17.0 Å². The first-order valence-electron chi connectivity index (χ1n) is 10.6. The highest BCUT2D eigenvalue weighted by molar-refractivity contribution is 6.30. The quantitative estimate of drug-likeness (QED) is 0.696. The second-order valence-corrected chi connectivity index (χ2v) is 8.79. The van der Waals surface area contributed by atoms with Crippen LogP contribution < -0.4 is 9.80 Å². The Morgan fingerprint density at radius 3 is 2.69 bits per heavy atom. The van der Waals surface area contributed by atoms with Crippen molar-refractivity contribution in [3.05, 3.63) is 58.4 Å². The van der Waals surface area contributed by atoms with E-state index >= 15 is 0 Å². The number of anilines is 2. The highest BCUT2D eigenvalue weighted by Gasteiger charge is 2.50. The van der Waals surface area contributed by atoms with Crippen LogP contribution in [-0.2, 0) is 27.2 Å². The largest absolute Gasteiger partial charge is 0.373 e. The topological polar surface area (TPSA) is 77.9 Å². The summed E-state index contributed by atoms with van der Waals surface area (Å²) >= 11 is 5.85. The zero-order valence-corrected chi connectivity index (χ0v) is 18.5. The summed E-state index contributed by atoms with van der Waals surface area (Å²) in [6.07, 6.45) is 1.68. The molecule has 2 heterocycles. The van der Waals surface area contributed by atoms with Crippen LogP contribution in [0.4, 0.5) is 15.8 Å². The first kappa shape index (κ1) is 22.4. The summed E-state index contributed by atoms with van der Waals surface area (Å²) in [6, 6.07) is 9.42.